The fourth-order valence-electron chi connectivity index (χ4n) is 5.76. The average Bonchev–Trinajstić information content (AvgIpc) is 3.47. The van der Waals surface area contributed by atoms with Gasteiger partial charge in [0.2, 0.25) is 0 Å². The molecular weight excluding hydrogens is 452 g/mol. The van der Waals surface area contributed by atoms with Crippen molar-refractivity contribution < 1.29 is 9.00 Å². The molecule has 1 aliphatic heterocycles. The molecule has 1 aromatic heterocycles. The second-order valence-corrected chi connectivity index (χ2v) is 14.2. The Labute approximate surface area is 213 Å². The zero-order chi connectivity index (χ0) is 25.0. The molecule has 35 heavy (non-hydrogen) atoms. The van der Waals surface area contributed by atoms with Crippen LogP contribution in [-0.2, 0) is 28.2 Å². The highest BCUT2D eigenvalue weighted by atomic mass is 32.2. The van der Waals surface area contributed by atoms with Crippen LogP contribution in [0.15, 0.2) is 24.3 Å². The summed E-state index contributed by atoms with van der Waals surface area (Å²) >= 11 is 0. The van der Waals surface area contributed by atoms with Crippen LogP contribution in [0.5, 0.6) is 0 Å². The molecule has 1 amide bonds. The minimum Gasteiger partial charge on any atom is -0.347 e. The van der Waals surface area contributed by atoms with Gasteiger partial charge < -0.3 is 9.88 Å². The highest BCUT2D eigenvalue weighted by Gasteiger charge is 2.40. The zero-order valence-corrected chi connectivity index (χ0v) is 23.0. The lowest BCUT2D eigenvalue weighted by Gasteiger charge is -2.26. The van der Waals surface area contributed by atoms with Crippen LogP contribution in [0.3, 0.4) is 0 Å². The van der Waals surface area contributed by atoms with Crippen molar-refractivity contribution in [3.05, 3.63) is 46.6 Å². The number of carbonyl (C=O) groups excluding carboxylic acids is 1. The van der Waals surface area contributed by atoms with Crippen LogP contribution in [0.1, 0.15) is 99.8 Å². The van der Waals surface area contributed by atoms with Crippen molar-refractivity contribution in [3.63, 3.8) is 0 Å². The number of amides is 1. The predicted molar refractivity (Wildman–Crippen MR) is 146 cm³/mol. The lowest BCUT2D eigenvalue weighted by atomic mass is 9.82. The van der Waals surface area contributed by atoms with Gasteiger partial charge in [-0.2, -0.15) is 0 Å². The lowest BCUT2D eigenvalue weighted by molar-refractivity contribution is 0.0941. The van der Waals surface area contributed by atoms with Gasteiger partial charge in [-0.15, -0.1) is 0 Å². The third-order valence-corrected chi connectivity index (χ3v) is 10.2. The van der Waals surface area contributed by atoms with Gasteiger partial charge in [-0.3, -0.25) is 9.00 Å². The second-order valence-electron chi connectivity index (χ2n) is 12.7. The van der Waals surface area contributed by atoms with E-state index in [9.17, 15) is 9.00 Å². The first-order valence-electron chi connectivity index (χ1n) is 13.6. The van der Waals surface area contributed by atoms with Gasteiger partial charge in [-0.1, -0.05) is 53.0 Å². The molecule has 5 rings (SSSR count). The molecular formula is C30H42N2O2S. The first kappa shape index (κ1) is 24.8. The first-order chi connectivity index (χ1) is 16.5. The quantitative estimate of drug-likeness (QED) is 0.516. The summed E-state index contributed by atoms with van der Waals surface area (Å²) < 4.78 is 14.0. The minimum atomic E-state index is -0.771. The molecule has 0 radical (unpaired) electrons. The predicted octanol–water partition coefficient (Wildman–Crippen LogP) is 6.25. The van der Waals surface area contributed by atoms with Crippen LogP contribution in [0.4, 0.5) is 0 Å². The van der Waals surface area contributed by atoms with E-state index in [2.05, 4.69) is 68.8 Å². The summed E-state index contributed by atoms with van der Waals surface area (Å²) in [6.07, 6.45) is 9.02. The van der Waals surface area contributed by atoms with Crippen LogP contribution < -0.4 is 5.32 Å². The molecule has 5 heteroatoms. The van der Waals surface area contributed by atoms with Crippen molar-refractivity contribution in [1.82, 2.24) is 9.88 Å². The maximum atomic E-state index is 13.3. The molecule has 3 fully saturated rings. The molecule has 0 atom stereocenters. The van der Waals surface area contributed by atoms with Gasteiger partial charge in [0.05, 0.1) is 11.6 Å². The number of nitrogens with zero attached hydrogens (tertiary/aromatic N) is 1. The molecule has 3 aliphatic rings. The first-order valence-corrected chi connectivity index (χ1v) is 15.0. The van der Waals surface area contributed by atoms with E-state index in [1.54, 1.807) is 0 Å². The van der Waals surface area contributed by atoms with E-state index in [0.717, 1.165) is 17.8 Å². The molecule has 4 nitrogen and oxygen atoms in total. The molecule has 2 heterocycles. The highest BCUT2D eigenvalue weighted by molar-refractivity contribution is 7.86. The topological polar surface area (TPSA) is 51.1 Å². The fourth-order valence-corrected chi connectivity index (χ4v) is 6.72. The molecule has 0 bridgehead atoms. The molecule has 0 unspecified atom stereocenters. The van der Waals surface area contributed by atoms with Gasteiger partial charge in [-0.05, 0) is 84.2 Å². The average molecular weight is 495 g/mol. The molecule has 2 aromatic rings. The molecule has 1 aromatic carbocycles. The third kappa shape index (κ3) is 5.16. The number of hydrogen-bond acceptors (Lipinski definition) is 2. The number of aromatic nitrogens is 1. The zero-order valence-electron chi connectivity index (χ0n) is 22.2. The van der Waals surface area contributed by atoms with E-state index in [1.165, 1.54) is 67.3 Å². The van der Waals surface area contributed by atoms with Gasteiger partial charge in [0.25, 0.3) is 5.91 Å². The van der Waals surface area contributed by atoms with Crippen molar-refractivity contribution >= 4 is 16.7 Å². The molecule has 2 saturated carbocycles. The Kier molecular flexibility index (Phi) is 6.52. The van der Waals surface area contributed by atoms with Crippen molar-refractivity contribution in [1.29, 1.82) is 0 Å². The summed E-state index contributed by atoms with van der Waals surface area (Å²) in [5, 5.41) is 3.14. The van der Waals surface area contributed by atoms with Crippen LogP contribution in [-0.4, -0.2) is 32.2 Å². The molecule has 1 N–H and O–H groups in total. The third-order valence-electron chi connectivity index (χ3n) is 8.68. The minimum absolute atomic E-state index is 0.0193. The van der Waals surface area contributed by atoms with E-state index in [-0.39, 0.29) is 22.8 Å². The molecule has 2 aliphatic carbocycles. The van der Waals surface area contributed by atoms with Crippen LogP contribution in [0, 0.1) is 12.8 Å². The number of rotatable bonds is 6. The summed E-state index contributed by atoms with van der Waals surface area (Å²) in [7, 11) is -0.771. The smallest absolute Gasteiger partial charge is 0.253 e. The molecule has 190 valence electrons. The van der Waals surface area contributed by atoms with Gasteiger partial charge in [0.1, 0.15) is 0 Å². The molecule has 0 spiro atoms. The van der Waals surface area contributed by atoms with Crippen LogP contribution in [0.25, 0.3) is 11.3 Å². The maximum Gasteiger partial charge on any atom is 0.253 e. The van der Waals surface area contributed by atoms with Gasteiger partial charge in [0, 0.05) is 40.2 Å². The van der Waals surface area contributed by atoms with Crippen LogP contribution >= 0.6 is 0 Å². The van der Waals surface area contributed by atoms with Crippen LogP contribution in [0.2, 0.25) is 0 Å². The van der Waals surface area contributed by atoms with Gasteiger partial charge >= 0.3 is 0 Å². The standard InChI is InChI=1S/C30H42N2O2S/c1-20-26(28(33)31-25-18-35(34)19-25)16-27(32(20)17-21-9-7-6-8-10-21)22-13-23(29(2,3)4)15-24(14-22)30(5)11-12-30/h13-16,21,25H,6-12,17-19H2,1-5H3,(H,31,33). The Morgan fingerprint density at radius 1 is 1.09 bits per heavy atom. The van der Waals surface area contributed by atoms with Gasteiger partial charge in [0.15, 0.2) is 0 Å². The van der Waals surface area contributed by atoms with Crippen molar-refractivity contribution in [2.24, 2.45) is 5.92 Å². The van der Waals surface area contributed by atoms with Gasteiger partial charge in [-0.25, -0.2) is 0 Å². The Morgan fingerprint density at radius 2 is 1.77 bits per heavy atom. The van der Waals surface area contributed by atoms with Crippen molar-refractivity contribution in [2.75, 3.05) is 11.5 Å². The normalized spacial score (nSPS) is 24.1. The monoisotopic (exact) mass is 494 g/mol. The fraction of sp³-hybridized carbons (Fsp3) is 0.633. The van der Waals surface area contributed by atoms with E-state index in [4.69, 9.17) is 0 Å². The van der Waals surface area contributed by atoms with Crippen molar-refractivity contribution in [2.45, 2.75) is 103 Å². The Bertz CT molecular complexity index is 1110. The van der Waals surface area contributed by atoms with E-state index < -0.39 is 10.8 Å². The number of hydrogen-bond donors (Lipinski definition) is 1. The SMILES string of the molecule is Cc1c(C(=O)NC2CS(=O)C2)cc(-c2cc(C(C)(C)C)cc(C3(C)CC3)c2)n1CC1CCCCC1. The van der Waals surface area contributed by atoms with E-state index in [0.29, 0.717) is 17.4 Å². The summed E-state index contributed by atoms with van der Waals surface area (Å²) in [5.74, 6) is 1.81. The lowest BCUT2D eigenvalue weighted by Crippen LogP contribution is -2.50. The highest BCUT2D eigenvalue weighted by Crippen LogP contribution is 2.49. The maximum absolute atomic E-state index is 13.3. The second kappa shape index (κ2) is 9.21. The van der Waals surface area contributed by atoms with Crippen molar-refractivity contribution in [3.8, 4) is 11.3 Å². The Balaban J connectivity index is 1.57. The van der Waals surface area contributed by atoms with E-state index >= 15 is 0 Å². The molecule has 1 saturated heterocycles. The largest absolute Gasteiger partial charge is 0.347 e. The summed E-state index contributed by atoms with van der Waals surface area (Å²) in [6.45, 7) is 12.3. The number of nitrogens with one attached hydrogen (secondary N) is 1. The number of benzene rings is 1. The van der Waals surface area contributed by atoms with E-state index in [1.807, 2.05) is 0 Å². The summed E-state index contributed by atoms with van der Waals surface area (Å²) in [5.41, 5.74) is 7.39. The Hall–Kier alpha value is -1.88. The summed E-state index contributed by atoms with van der Waals surface area (Å²) in [4.78, 5) is 13.3. The Morgan fingerprint density at radius 3 is 2.37 bits per heavy atom. The number of carbonyl (C=O) groups is 1. The summed E-state index contributed by atoms with van der Waals surface area (Å²) in [6, 6.07) is 9.34.